The molecule has 4 rings (SSSR count). The van der Waals surface area contributed by atoms with Gasteiger partial charge in [0, 0.05) is 19.1 Å². The zero-order valence-electron chi connectivity index (χ0n) is 9.71. The van der Waals surface area contributed by atoms with Crippen molar-refractivity contribution in [2.45, 2.75) is 31.7 Å². The van der Waals surface area contributed by atoms with Crippen LogP contribution in [0.1, 0.15) is 31.7 Å². The lowest BCUT2D eigenvalue weighted by molar-refractivity contribution is 0.756. The highest BCUT2D eigenvalue weighted by molar-refractivity contribution is 5.83. The molecule has 1 aliphatic carbocycles. The van der Waals surface area contributed by atoms with Crippen molar-refractivity contribution in [1.29, 1.82) is 0 Å². The van der Waals surface area contributed by atoms with Gasteiger partial charge in [-0.3, -0.25) is 0 Å². The Morgan fingerprint density at radius 3 is 2.65 bits per heavy atom. The van der Waals surface area contributed by atoms with Gasteiger partial charge >= 0.3 is 0 Å². The summed E-state index contributed by atoms with van der Waals surface area (Å²) in [6.45, 7) is 2.20. The van der Waals surface area contributed by atoms with Crippen LogP contribution in [0.25, 0.3) is 11.2 Å². The summed E-state index contributed by atoms with van der Waals surface area (Å²) in [5, 5.41) is 0. The first-order chi connectivity index (χ1) is 8.43. The van der Waals surface area contributed by atoms with E-state index in [0.29, 0.717) is 6.04 Å². The quantitative estimate of drug-likeness (QED) is 0.787. The van der Waals surface area contributed by atoms with E-state index in [2.05, 4.69) is 24.4 Å². The molecule has 3 heterocycles. The molecule has 2 aliphatic rings. The standard InChI is InChI=1S/C12H15N5/c1-2-6-16(5-1)11-10-12(14-7-13-11)17(8-15-10)9-3-4-9/h7-9H,1-6H2. The van der Waals surface area contributed by atoms with Crippen LogP contribution >= 0.6 is 0 Å². The van der Waals surface area contributed by atoms with Gasteiger partial charge in [-0.2, -0.15) is 0 Å². The van der Waals surface area contributed by atoms with Crippen molar-refractivity contribution in [3.63, 3.8) is 0 Å². The molecule has 2 fully saturated rings. The van der Waals surface area contributed by atoms with E-state index in [1.165, 1.54) is 25.7 Å². The summed E-state index contributed by atoms with van der Waals surface area (Å²) in [6.07, 6.45) is 8.64. The summed E-state index contributed by atoms with van der Waals surface area (Å²) in [5.74, 6) is 1.02. The second-order valence-electron chi connectivity index (χ2n) is 4.95. The number of imidazole rings is 1. The molecule has 0 radical (unpaired) electrons. The average Bonchev–Trinajstić information content (AvgIpc) is 2.93. The Bertz CT molecular complexity index is 551. The molecule has 0 bridgehead atoms. The first-order valence-electron chi connectivity index (χ1n) is 6.36. The third-order valence-electron chi connectivity index (χ3n) is 3.69. The number of hydrogen-bond donors (Lipinski definition) is 0. The van der Waals surface area contributed by atoms with E-state index in [9.17, 15) is 0 Å². The van der Waals surface area contributed by atoms with Gasteiger partial charge in [-0.05, 0) is 25.7 Å². The zero-order chi connectivity index (χ0) is 11.2. The predicted octanol–water partition coefficient (Wildman–Crippen LogP) is 1.76. The van der Waals surface area contributed by atoms with Crippen molar-refractivity contribution in [2.24, 2.45) is 0 Å². The molecule has 0 aromatic carbocycles. The fourth-order valence-electron chi connectivity index (χ4n) is 2.62. The maximum Gasteiger partial charge on any atom is 0.165 e. The van der Waals surface area contributed by atoms with Gasteiger partial charge in [-0.25, -0.2) is 15.0 Å². The van der Waals surface area contributed by atoms with Crippen molar-refractivity contribution in [3.05, 3.63) is 12.7 Å². The van der Waals surface area contributed by atoms with Gasteiger partial charge in [0.05, 0.1) is 6.33 Å². The van der Waals surface area contributed by atoms with Crippen LogP contribution in [0.4, 0.5) is 5.82 Å². The zero-order valence-corrected chi connectivity index (χ0v) is 9.71. The molecule has 2 aromatic heterocycles. The third kappa shape index (κ3) is 1.41. The molecule has 2 aromatic rings. The number of nitrogens with zero attached hydrogens (tertiary/aromatic N) is 5. The van der Waals surface area contributed by atoms with E-state index >= 15 is 0 Å². The smallest absolute Gasteiger partial charge is 0.165 e. The third-order valence-corrected chi connectivity index (χ3v) is 3.69. The molecule has 88 valence electrons. The summed E-state index contributed by atoms with van der Waals surface area (Å²) in [7, 11) is 0. The Balaban J connectivity index is 1.86. The van der Waals surface area contributed by atoms with Crippen molar-refractivity contribution >= 4 is 17.0 Å². The van der Waals surface area contributed by atoms with Crippen LogP contribution in [0.2, 0.25) is 0 Å². The summed E-state index contributed by atoms with van der Waals surface area (Å²) in [4.78, 5) is 15.7. The molecule has 0 unspecified atom stereocenters. The Kier molecular flexibility index (Phi) is 1.89. The summed E-state index contributed by atoms with van der Waals surface area (Å²) < 4.78 is 2.20. The second-order valence-corrected chi connectivity index (χ2v) is 4.95. The van der Waals surface area contributed by atoms with Gasteiger partial charge < -0.3 is 9.47 Å². The summed E-state index contributed by atoms with van der Waals surface area (Å²) in [6, 6.07) is 0.626. The molecule has 0 amide bonds. The van der Waals surface area contributed by atoms with Crippen molar-refractivity contribution in [2.75, 3.05) is 18.0 Å². The molecule has 17 heavy (non-hydrogen) atoms. The Morgan fingerprint density at radius 1 is 1.06 bits per heavy atom. The van der Waals surface area contributed by atoms with Gasteiger partial charge in [0.2, 0.25) is 0 Å². The van der Waals surface area contributed by atoms with Gasteiger partial charge in [0.1, 0.15) is 6.33 Å². The lowest BCUT2D eigenvalue weighted by atomic mass is 10.4. The molecule has 5 heteroatoms. The molecule has 1 saturated carbocycles. The van der Waals surface area contributed by atoms with Crippen LogP contribution in [0.5, 0.6) is 0 Å². The van der Waals surface area contributed by atoms with Gasteiger partial charge in [0.15, 0.2) is 17.0 Å². The predicted molar refractivity (Wildman–Crippen MR) is 65.0 cm³/mol. The van der Waals surface area contributed by atoms with E-state index in [1.807, 2.05) is 6.33 Å². The fourth-order valence-corrected chi connectivity index (χ4v) is 2.62. The number of aromatic nitrogens is 4. The van der Waals surface area contributed by atoms with E-state index < -0.39 is 0 Å². The van der Waals surface area contributed by atoms with E-state index in [-0.39, 0.29) is 0 Å². The normalized spacial score (nSPS) is 20.4. The minimum Gasteiger partial charge on any atom is -0.355 e. The van der Waals surface area contributed by atoms with Gasteiger partial charge in [-0.1, -0.05) is 0 Å². The van der Waals surface area contributed by atoms with Crippen LogP contribution in [0, 0.1) is 0 Å². The fraction of sp³-hybridized carbons (Fsp3) is 0.583. The first-order valence-corrected chi connectivity index (χ1v) is 6.36. The highest BCUT2D eigenvalue weighted by Gasteiger charge is 2.27. The molecule has 0 N–H and O–H groups in total. The maximum atomic E-state index is 4.52. The summed E-state index contributed by atoms with van der Waals surface area (Å²) >= 11 is 0. The minimum absolute atomic E-state index is 0.626. The first kappa shape index (κ1) is 9.39. The number of anilines is 1. The van der Waals surface area contributed by atoms with Crippen molar-refractivity contribution in [1.82, 2.24) is 19.5 Å². The number of rotatable bonds is 2. The topological polar surface area (TPSA) is 46.8 Å². The Morgan fingerprint density at radius 2 is 1.88 bits per heavy atom. The lowest BCUT2D eigenvalue weighted by Gasteiger charge is -2.15. The minimum atomic E-state index is 0.626. The maximum absolute atomic E-state index is 4.52. The highest BCUT2D eigenvalue weighted by atomic mass is 15.2. The number of fused-ring (bicyclic) bond motifs is 1. The molecule has 5 nitrogen and oxygen atoms in total. The van der Waals surface area contributed by atoms with E-state index in [4.69, 9.17) is 0 Å². The van der Waals surface area contributed by atoms with Crippen molar-refractivity contribution < 1.29 is 0 Å². The van der Waals surface area contributed by atoms with Crippen LogP contribution in [0.15, 0.2) is 12.7 Å². The van der Waals surface area contributed by atoms with Crippen LogP contribution in [-0.4, -0.2) is 32.6 Å². The molecular weight excluding hydrogens is 214 g/mol. The molecule has 1 saturated heterocycles. The average molecular weight is 229 g/mol. The lowest BCUT2D eigenvalue weighted by Crippen LogP contribution is -2.19. The van der Waals surface area contributed by atoms with Crippen LogP contribution in [0.3, 0.4) is 0 Å². The monoisotopic (exact) mass is 229 g/mol. The Hall–Kier alpha value is -1.65. The molecular formula is C12H15N5. The van der Waals surface area contributed by atoms with E-state index in [0.717, 1.165) is 30.1 Å². The molecule has 0 atom stereocenters. The van der Waals surface area contributed by atoms with E-state index in [1.54, 1.807) is 6.33 Å². The molecule has 1 aliphatic heterocycles. The largest absolute Gasteiger partial charge is 0.355 e. The second kappa shape index (κ2) is 3.42. The van der Waals surface area contributed by atoms with Crippen LogP contribution in [-0.2, 0) is 0 Å². The highest BCUT2D eigenvalue weighted by Crippen LogP contribution is 2.37. The molecule has 0 spiro atoms. The SMILES string of the molecule is c1nc(N2CCCC2)c2ncn(C3CC3)c2n1. The summed E-state index contributed by atoms with van der Waals surface area (Å²) in [5.41, 5.74) is 1.98. The number of hydrogen-bond acceptors (Lipinski definition) is 4. The van der Waals surface area contributed by atoms with Crippen LogP contribution < -0.4 is 4.90 Å². The van der Waals surface area contributed by atoms with Crippen molar-refractivity contribution in [3.8, 4) is 0 Å². The Labute approximate surface area is 99.5 Å². The van der Waals surface area contributed by atoms with Gasteiger partial charge in [-0.15, -0.1) is 0 Å². The van der Waals surface area contributed by atoms with Gasteiger partial charge in [0.25, 0.3) is 0 Å².